The molecule has 0 fully saturated rings. The lowest BCUT2D eigenvalue weighted by Crippen LogP contribution is -2.27. The van der Waals surface area contributed by atoms with E-state index in [1.807, 2.05) is 18.2 Å². The Morgan fingerprint density at radius 1 is 1.11 bits per heavy atom. The molecule has 2 heterocycles. The van der Waals surface area contributed by atoms with E-state index in [9.17, 15) is 0 Å². The van der Waals surface area contributed by atoms with Gasteiger partial charge in [0, 0.05) is 25.1 Å². The minimum atomic E-state index is 0.776. The first-order chi connectivity index (χ1) is 9.42. The van der Waals surface area contributed by atoms with Gasteiger partial charge in [0.2, 0.25) is 0 Å². The maximum absolute atomic E-state index is 5.77. The lowest BCUT2D eigenvalue weighted by atomic mass is 10.2. The van der Waals surface area contributed by atoms with Crippen molar-refractivity contribution in [2.45, 2.75) is 19.4 Å². The fourth-order valence-corrected chi connectivity index (χ4v) is 2.50. The maximum atomic E-state index is 5.77. The molecule has 3 heteroatoms. The molecule has 2 aromatic rings. The standard InChI is InChI=1S/C16H19NO2/c1-2-8-16-14(5-1)13-17(10-12-19-16)9-3-6-15-7-4-11-18-15/h1-2,4-5,7-8,11H,3,6,9-10,12-13H2. The SMILES string of the molecule is c1coc(CCCN2CCOc3ccccc3C2)c1. The van der Waals surface area contributed by atoms with Crippen molar-refractivity contribution in [3.05, 3.63) is 54.0 Å². The summed E-state index contributed by atoms with van der Waals surface area (Å²) < 4.78 is 11.1. The molecule has 0 amide bonds. The Hall–Kier alpha value is -1.74. The lowest BCUT2D eigenvalue weighted by molar-refractivity contribution is 0.223. The van der Waals surface area contributed by atoms with Crippen LogP contribution in [-0.2, 0) is 13.0 Å². The zero-order valence-corrected chi connectivity index (χ0v) is 11.0. The minimum absolute atomic E-state index is 0.776. The van der Waals surface area contributed by atoms with Crippen LogP contribution >= 0.6 is 0 Å². The van der Waals surface area contributed by atoms with Crippen molar-refractivity contribution in [3.8, 4) is 5.75 Å². The molecule has 0 aliphatic carbocycles. The number of para-hydroxylation sites is 1. The number of rotatable bonds is 4. The largest absolute Gasteiger partial charge is 0.492 e. The summed E-state index contributed by atoms with van der Waals surface area (Å²) in [5.41, 5.74) is 1.29. The quantitative estimate of drug-likeness (QED) is 0.841. The lowest BCUT2D eigenvalue weighted by Gasteiger charge is -2.18. The monoisotopic (exact) mass is 257 g/mol. The van der Waals surface area contributed by atoms with Gasteiger partial charge in [-0.15, -0.1) is 0 Å². The average molecular weight is 257 g/mol. The van der Waals surface area contributed by atoms with Gasteiger partial charge in [-0.05, 0) is 31.2 Å². The summed E-state index contributed by atoms with van der Waals surface area (Å²) >= 11 is 0. The summed E-state index contributed by atoms with van der Waals surface area (Å²) in [6.07, 6.45) is 3.87. The number of hydrogen-bond donors (Lipinski definition) is 0. The van der Waals surface area contributed by atoms with Crippen LogP contribution < -0.4 is 4.74 Å². The van der Waals surface area contributed by atoms with E-state index in [1.165, 1.54) is 5.56 Å². The Morgan fingerprint density at radius 2 is 2.05 bits per heavy atom. The normalized spacial score (nSPS) is 15.6. The molecule has 0 bridgehead atoms. The van der Waals surface area contributed by atoms with E-state index in [0.29, 0.717) is 0 Å². The molecule has 1 aliphatic heterocycles. The van der Waals surface area contributed by atoms with Crippen LogP contribution in [0.15, 0.2) is 47.1 Å². The van der Waals surface area contributed by atoms with Crippen LogP contribution in [0, 0.1) is 0 Å². The van der Waals surface area contributed by atoms with E-state index < -0.39 is 0 Å². The molecular weight excluding hydrogens is 238 g/mol. The number of nitrogens with zero attached hydrogens (tertiary/aromatic N) is 1. The Morgan fingerprint density at radius 3 is 2.95 bits per heavy atom. The third-order valence-corrected chi connectivity index (χ3v) is 3.51. The van der Waals surface area contributed by atoms with Crippen LogP contribution in [0.5, 0.6) is 5.75 Å². The van der Waals surface area contributed by atoms with E-state index in [2.05, 4.69) is 23.1 Å². The highest BCUT2D eigenvalue weighted by molar-refractivity contribution is 5.33. The molecule has 0 saturated heterocycles. The summed E-state index contributed by atoms with van der Waals surface area (Å²) in [4.78, 5) is 2.45. The van der Waals surface area contributed by atoms with Crippen LogP contribution in [0.4, 0.5) is 0 Å². The third kappa shape index (κ3) is 3.18. The van der Waals surface area contributed by atoms with Crippen molar-refractivity contribution >= 4 is 0 Å². The predicted octanol–water partition coefficient (Wildman–Crippen LogP) is 3.11. The molecule has 0 atom stereocenters. The van der Waals surface area contributed by atoms with Crippen LogP contribution in [0.1, 0.15) is 17.7 Å². The zero-order chi connectivity index (χ0) is 12.9. The van der Waals surface area contributed by atoms with E-state index >= 15 is 0 Å². The summed E-state index contributed by atoms with van der Waals surface area (Å²) in [5.74, 6) is 2.11. The smallest absolute Gasteiger partial charge is 0.123 e. The van der Waals surface area contributed by atoms with Gasteiger partial charge in [-0.3, -0.25) is 4.90 Å². The van der Waals surface area contributed by atoms with Gasteiger partial charge in [0.25, 0.3) is 0 Å². The molecule has 100 valence electrons. The van der Waals surface area contributed by atoms with Gasteiger partial charge in [-0.25, -0.2) is 0 Å². The highest BCUT2D eigenvalue weighted by Crippen LogP contribution is 2.22. The molecule has 1 aromatic carbocycles. The first-order valence-electron chi connectivity index (χ1n) is 6.87. The second kappa shape index (κ2) is 5.93. The molecule has 19 heavy (non-hydrogen) atoms. The Kier molecular flexibility index (Phi) is 3.84. The summed E-state index contributed by atoms with van der Waals surface area (Å²) in [5, 5.41) is 0. The van der Waals surface area contributed by atoms with Gasteiger partial charge >= 0.3 is 0 Å². The number of aryl methyl sites for hydroxylation is 1. The van der Waals surface area contributed by atoms with Gasteiger partial charge < -0.3 is 9.15 Å². The molecule has 1 aromatic heterocycles. The Bertz CT molecular complexity index is 507. The van der Waals surface area contributed by atoms with Crippen molar-refractivity contribution in [2.24, 2.45) is 0 Å². The van der Waals surface area contributed by atoms with Crippen molar-refractivity contribution < 1.29 is 9.15 Å². The summed E-state index contributed by atoms with van der Waals surface area (Å²) in [6.45, 7) is 3.83. The molecule has 3 rings (SSSR count). The molecule has 1 aliphatic rings. The van der Waals surface area contributed by atoms with Crippen molar-refractivity contribution in [3.63, 3.8) is 0 Å². The molecule has 0 N–H and O–H groups in total. The van der Waals surface area contributed by atoms with Crippen molar-refractivity contribution in [1.29, 1.82) is 0 Å². The van der Waals surface area contributed by atoms with Crippen LogP contribution in [0.3, 0.4) is 0 Å². The van der Waals surface area contributed by atoms with Gasteiger partial charge in [-0.1, -0.05) is 18.2 Å². The first-order valence-corrected chi connectivity index (χ1v) is 6.87. The van der Waals surface area contributed by atoms with E-state index in [4.69, 9.17) is 9.15 Å². The predicted molar refractivity (Wildman–Crippen MR) is 74.2 cm³/mol. The molecule has 0 spiro atoms. The fourth-order valence-electron chi connectivity index (χ4n) is 2.50. The number of hydrogen-bond acceptors (Lipinski definition) is 3. The highest BCUT2D eigenvalue weighted by Gasteiger charge is 2.14. The highest BCUT2D eigenvalue weighted by atomic mass is 16.5. The van der Waals surface area contributed by atoms with Gasteiger partial charge in [0.05, 0.1) is 6.26 Å². The zero-order valence-electron chi connectivity index (χ0n) is 11.0. The number of ether oxygens (including phenoxy) is 1. The van der Waals surface area contributed by atoms with Gasteiger partial charge in [0.15, 0.2) is 0 Å². The third-order valence-electron chi connectivity index (χ3n) is 3.51. The molecule has 3 nitrogen and oxygen atoms in total. The second-order valence-electron chi connectivity index (χ2n) is 4.92. The van der Waals surface area contributed by atoms with Crippen molar-refractivity contribution in [1.82, 2.24) is 4.90 Å². The van der Waals surface area contributed by atoms with Crippen molar-refractivity contribution in [2.75, 3.05) is 19.7 Å². The van der Waals surface area contributed by atoms with E-state index in [-0.39, 0.29) is 0 Å². The molecule has 0 radical (unpaired) electrons. The molecule has 0 saturated carbocycles. The summed E-state index contributed by atoms with van der Waals surface area (Å²) in [7, 11) is 0. The van der Waals surface area contributed by atoms with E-state index in [0.717, 1.165) is 50.6 Å². The Labute approximate surface area is 113 Å². The fraction of sp³-hybridized carbons (Fsp3) is 0.375. The number of furan rings is 1. The first kappa shape index (κ1) is 12.3. The van der Waals surface area contributed by atoms with Crippen LogP contribution in [-0.4, -0.2) is 24.6 Å². The number of fused-ring (bicyclic) bond motifs is 1. The Balaban J connectivity index is 1.54. The van der Waals surface area contributed by atoms with Gasteiger partial charge in [-0.2, -0.15) is 0 Å². The van der Waals surface area contributed by atoms with Crippen LogP contribution in [0.25, 0.3) is 0 Å². The average Bonchev–Trinajstić information content (AvgIpc) is 2.85. The molecular formula is C16H19NO2. The minimum Gasteiger partial charge on any atom is -0.492 e. The number of benzene rings is 1. The van der Waals surface area contributed by atoms with Crippen LogP contribution in [0.2, 0.25) is 0 Å². The van der Waals surface area contributed by atoms with Gasteiger partial charge in [0.1, 0.15) is 18.1 Å². The topological polar surface area (TPSA) is 25.6 Å². The maximum Gasteiger partial charge on any atom is 0.123 e. The second-order valence-corrected chi connectivity index (χ2v) is 4.92. The molecule has 0 unspecified atom stereocenters. The van der Waals surface area contributed by atoms with E-state index in [1.54, 1.807) is 6.26 Å². The summed E-state index contributed by atoms with van der Waals surface area (Å²) in [6, 6.07) is 12.3.